The lowest BCUT2D eigenvalue weighted by atomic mass is 10.7. The minimum atomic E-state index is -2.14. The van der Waals surface area contributed by atoms with Crippen molar-refractivity contribution in [3.05, 3.63) is 17.2 Å². The van der Waals surface area contributed by atoms with E-state index in [1.165, 1.54) is 0 Å². The number of aromatic nitrogens is 2. The Morgan fingerprint density at radius 2 is 2.09 bits per heavy atom. The quantitative estimate of drug-likeness (QED) is 0.573. The van der Waals surface area contributed by atoms with E-state index in [1.807, 2.05) is 6.92 Å². The van der Waals surface area contributed by atoms with Gasteiger partial charge in [-0.2, -0.15) is 8.42 Å². The van der Waals surface area contributed by atoms with Crippen molar-refractivity contribution in [1.29, 1.82) is 0 Å². The molecular weight excluding hydrogens is 164 g/mol. The number of aryl methyl sites for hydroxylation is 2. The van der Waals surface area contributed by atoms with Crippen LogP contribution in [0.3, 0.4) is 0 Å². The molecule has 11 heavy (non-hydrogen) atoms. The van der Waals surface area contributed by atoms with Gasteiger partial charge in [-0.25, -0.2) is 0 Å². The molecule has 62 valence electrons. The number of nitrogens with zero attached hydrogens (tertiary/aromatic N) is 2. The summed E-state index contributed by atoms with van der Waals surface area (Å²) in [5, 5.41) is 0. The first-order valence-corrected chi connectivity index (χ1v) is 4.38. The Bertz CT molecular complexity index is 402. The van der Waals surface area contributed by atoms with Gasteiger partial charge in [0, 0.05) is 26.0 Å². The topological polar surface area (TPSA) is 44.0 Å². The van der Waals surface area contributed by atoms with E-state index in [0.717, 1.165) is 0 Å². The summed E-state index contributed by atoms with van der Waals surface area (Å²) in [4.78, 5) is 0. The maximum Gasteiger partial charge on any atom is 0.256 e. The largest absolute Gasteiger partial charge is 0.323 e. The molecule has 5 heteroatoms. The fourth-order valence-electron chi connectivity index (χ4n) is 0.965. The van der Waals surface area contributed by atoms with Crippen LogP contribution in [0.2, 0.25) is 0 Å². The highest BCUT2D eigenvalue weighted by atomic mass is 32.2. The highest BCUT2D eigenvalue weighted by Gasteiger charge is 1.94. The molecule has 0 aliphatic rings. The average molecular weight is 174 g/mol. The molecule has 1 aromatic heterocycles. The Morgan fingerprint density at radius 1 is 1.45 bits per heavy atom. The summed E-state index contributed by atoms with van der Waals surface area (Å²) in [7, 11) is -0.439. The van der Waals surface area contributed by atoms with Crippen LogP contribution < -0.4 is 0 Å². The molecule has 4 nitrogen and oxygen atoms in total. The zero-order valence-electron chi connectivity index (χ0n) is 6.48. The third-order valence-corrected chi connectivity index (χ3v) is 2.33. The lowest BCUT2D eigenvalue weighted by Crippen LogP contribution is -1.97. The molecular formula is C6H10N2O2S. The van der Waals surface area contributed by atoms with Gasteiger partial charge in [-0.05, 0) is 6.92 Å². The first-order valence-electron chi connectivity index (χ1n) is 3.30. The van der Waals surface area contributed by atoms with Gasteiger partial charge in [-0.3, -0.25) is 0 Å². The summed E-state index contributed by atoms with van der Waals surface area (Å²) < 4.78 is 24.8. The molecule has 0 spiro atoms. The molecule has 0 bridgehead atoms. The van der Waals surface area contributed by atoms with E-state index in [1.54, 1.807) is 28.6 Å². The number of imidazole rings is 1. The van der Waals surface area contributed by atoms with Gasteiger partial charge < -0.3 is 9.13 Å². The Labute approximate surface area is 66.2 Å². The summed E-state index contributed by atoms with van der Waals surface area (Å²) in [5.41, 5.74) is 0. The maximum absolute atomic E-state index is 10.6. The number of hydrogen-bond acceptors (Lipinski definition) is 2. The van der Waals surface area contributed by atoms with Crippen molar-refractivity contribution in [2.24, 2.45) is 7.05 Å². The van der Waals surface area contributed by atoms with Crippen molar-refractivity contribution in [2.45, 2.75) is 13.5 Å². The second-order valence-electron chi connectivity index (χ2n) is 2.21. The van der Waals surface area contributed by atoms with Crippen LogP contribution in [0.1, 0.15) is 6.92 Å². The smallest absolute Gasteiger partial charge is 0.256 e. The Hall–Kier alpha value is -0.970. The fourth-order valence-corrected chi connectivity index (χ4v) is 1.64. The molecule has 1 rings (SSSR count). The summed E-state index contributed by atoms with van der Waals surface area (Å²) in [5.74, 6) is 0. The standard InChI is InChI=1S/C6H10N2O2S/c1-3-8-5-4-7(2)6(8)11(9)10/h4-5H,3H2,1-2H3. The molecule has 0 aliphatic carbocycles. The monoisotopic (exact) mass is 174 g/mol. The third-order valence-electron chi connectivity index (χ3n) is 1.51. The van der Waals surface area contributed by atoms with E-state index in [9.17, 15) is 8.42 Å². The minimum Gasteiger partial charge on any atom is -0.323 e. The maximum atomic E-state index is 10.6. The fraction of sp³-hybridized carbons (Fsp3) is 0.500. The first-order chi connectivity index (χ1) is 5.16. The summed E-state index contributed by atoms with van der Waals surface area (Å²) in [6.45, 7) is 2.57. The van der Waals surface area contributed by atoms with Gasteiger partial charge in [0.1, 0.15) is 0 Å². The van der Waals surface area contributed by atoms with E-state index < -0.39 is 10.3 Å². The van der Waals surface area contributed by atoms with Crippen LogP contribution in [0.15, 0.2) is 12.4 Å². The number of hydrogen-bond donors (Lipinski definition) is 0. The summed E-state index contributed by atoms with van der Waals surface area (Å²) >= 11 is 0. The number of rotatable bonds is 1. The molecule has 1 heterocycles. The third kappa shape index (κ3) is 1.37. The molecule has 0 N–H and O–H groups in total. The Kier molecular flexibility index (Phi) is 2.19. The van der Waals surface area contributed by atoms with Crippen LogP contribution in [0.5, 0.6) is 0 Å². The van der Waals surface area contributed by atoms with Crippen molar-refractivity contribution in [3.8, 4) is 0 Å². The average Bonchev–Trinajstić information content (AvgIpc) is 2.30. The van der Waals surface area contributed by atoms with Crippen LogP contribution >= 0.6 is 0 Å². The van der Waals surface area contributed by atoms with Gasteiger partial charge in [0.15, 0.2) is 0 Å². The molecule has 0 saturated carbocycles. The Balaban J connectivity index is 3.70. The van der Waals surface area contributed by atoms with Crippen molar-refractivity contribution < 1.29 is 8.42 Å². The van der Waals surface area contributed by atoms with Crippen molar-refractivity contribution in [3.63, 3.8) is 0 Å². The van der Waals surface area contributed by atoms with E-state index >= 15 is 0 Å². The zero-order chi connectivity index (χ0) is 8.43. The van der Waals surface area contributed by atoms with E-state index in [0.29, 0.717) is 11.3 Å². The lowest BCUT2D eigenvalue weighted by molar-refractivity contribution is 0.616. The lowest BCUT2D eigenvalue weighted by Gasteiger charge is -1.92. The molecule has 0 aliphatic heterocycles. The Morgan fingerprint density at radius 3 is 2.45 bits per heavy atom. The molecule has 0 fully saturated rings. The van der Waals surface area contributed by atoms with Gasteiger partial charge in [0.25, 0.3) is 10.3 Å². The van der Waals surface area contributed by atoms with Crippen molar-refractivity contribution in [1.82, 2.24) is 9.13 Å². The van der Waals surface area contributed by atoms with Crippen molar-refractivity contribution >= 4 is 10.3 Å². The van der Waals surface area contributed by atoms with Gasteiger partial charge in [-0.15, -0.1) is 0 Å². The predicted octanol–water partition coefficient (Wildman–Crippen LogP) is 0.258. The van der Waals surface area contributed by atoms with Gasteiger partial charge in [-0.1, -0.05) is 0 Å². The molecule has 0 unspecified atom stereocenters. The zero-order valence-corrected chi connectivity index (χ0v) is 7.30. The molecule has 1 aromatic rings. The second-order valence-corrected chi connectivity index (χ2v) is 3.05. The molecule has 0 radical (unpaired) electrons. The van der Waals surface area contributed by atoms with Crippen LogP contribution in [0.25, 0.3) is 0 Å². The molecule has 0 aromatic carbocycles. The van der Waals surface area contributed by atoms with Gasteiger partial charge >= 0.3 is 0 Å². The van der Waals surface area contributed by atoms with Crippen LogP contribution in [-0.4, -0.2) is 17.6 Å². The van der Waals surface area contributed by atoms with E-state index in [4.69, 9.17) is 0 Å². The highest BCUT2D eigenvalue weighted by molar-refractivity contribution is 7.63. The van der Waals surface area contributed by atoms with E-state index in [-0.39, 0.29) is 0 Å². The SMILES string of the molecule is CCn1ccn(C)c1=S(=O)=O. The normalized spacial score (nSPS) is 10.0. The van der Waals surface area contributed by atoms with E-state index in [2.05, 4.69) is 0 Å². The molecule has 0 atom stereocenters. The van der Waals surface area contributed by atoms with Gasteiger partial charge in [0.2, 0.25) is 4.77 Å². The minimum absolute atomic E-state index is 0.313. The molecule has 0 saturated heterocycles. The first kappa shape index (κ1) is 8.13. The summed E-state index contributed by atoms with van der Waals surface area (Å²) in [6.07, 6.45) is 3.46. The second kappa shape index (κ2) is 2.96. The molecule has 0 amide bonds. The van der Waals surface area contributed by atoms with Crippen LogP contribution in [0.4, 0.5) is 0 Å². The predicted molar refractivity (Wildman–Crippen MR) is 41.2 cm³/mol. The van der Waals surface area contributed by atoms with Crippen LogP contribution in [-0.2, 0) is 23.9 Å². The van der Waals surface area contributed by atoms with Crippen LogP contribution in [0, 0.1) is 4.77 Å². The van der Waals surface area contributed by atoms with Gasteiger partial charge in [0.05, 0.1) is 0 Å². The summed E-state index contributed by atoms with van der Waals surface area (Å²) in [6, 6.07) is 0. The highest BCUT2D eigenvalue weighted by Crippen LogP contribution is 1.91. The van der Waals surface area contributed by atoms with Crippen molar-refractivity contribution in [2.75, 3.05) is 0 Å².